The average Bonchev–Trinajstić information content (AvgIpc) is 3.11. The maximum Gasteiger partial charge on any atom is 0.255 e. The number of carbonyl (C=O) groups is 1. The quantitative estimate of drug-likeness (QED) is 0.785. The van der Waals surface area contributed by atoms with Crippen LogP contribution in [0.3, 0.4) is 0 Å². The summed E-state index contributed by atoms with van der Waals surface area (Å²) in [5.74, 6) is 1.14. The maximum atomic E-state index is 12.1. The van der Waals surface area contributed by atoms with Crippen molar-refractivity contribution < 1.29 is 9.53 Å². The molecule has 4 nitrogen and oxygen atoms in total. The Bertz CT molecular complexity index is 439. The summed E-state index contributed by atoms with van der Waals surface area (Å²) in [5.41, 5.74) is 6.82. The number of nitrogens with two attached hydrogens (primary N) is 1. The zero-order valence-electron chi connectivity index (χ0n) is 10.9. The van der Waals surface area contributed by atoms with Crippen molar-refractivity contribution in [2.24, 2.45) is 5.92 Å². The third-order valence-corrected chi connectivity index (χ3v) is 2.86. The van der Waals surface area contributed by atoms with Crippen LogP contribution in [-0.4, -0.2) is 18.6 Å². The number of hydrogen-bond acceptors (Lipinski definition) is 3. The van der Waals surface area contributed by atoms with Gasteiger partial charge in [-0.2, -0.15) is 0 Å². The second-order valence-corrected chi connectivity index (χ2v) is 5.08. The Morgan fingerprint density at radius 1 is 1.50 bits per heavy atom. The summed E-state index contributed by atoms with van der Waals surface area (Å²) in [4.78, 5) is 12.1. The molecule has 18 heavy (non-hydrogen) atoms. The number of nitrogen functional groups attached to an aromatic ring is 1. The summed E-state index contributed by atoms with van der Waals surface area (Å²) in [7, 11) is 0. The fraction of sp³-hybridized carbons (Fsp3) is 0.500. The molecule has 0 aliphatic heterocycles. The van der Waals surface area contributed by atoms with E-state index in [-0.39, 0.29) is 12.0 Å². The van der Waals surface area contributed by atoms with Gasteiger partial charge in [-0.05, 0) is 50.8 Å². The van der Waals surface area contributed by atoms with E-state index in [2.05, 4.69) is 5.32 Å². The summed E-state index contributed by atoms with van der Waals surface area (Å²) >= 11 is 0. The van der Waals surface area contributed by atoms with Crippen molar-refractivity contribution in [3.63, 3.8) is 0 Å². The van der Waals surface area contributed by atoms with Crippen LogP contribution in [0.25, 0.3) is 0 Å². The highest BCUT2D eigenvalue weighted by Gasteiger charge is 2.23. The number of rotatable bonds is 5. The first kappa shape index (κ1) is 12.7. The van der Waals surface area contributed by atoms with E-state index in [4.69, 9.17) is 10.5 Å². The molecule has 0 saturated heterocycles. The maximum absolute atomic E-state index is 12.1. The largest absolute Gasteiger partial charge is 0.490 e. The molecule has 98 valence electrons. The van der Waals surface area contributed by atoms with Gasteiger partial charge in [-0.3, -0.25) is 4.79 Å². The van der Waals surface area contributed by atoms with Gasteiger partial charge in [0.25, 0.3) is 5.91 Å². The van der Waals surface area contributed by atoms with E-state index in [1.54, 1.807) is 18.2 Å². The topological polar surface area (TPSA) is 64.3 Å². The van der Waals surface area contributed by atoms with Crippen molar-refractivity contribution in [1.82, 2.24) is 5.32 Å². The van der Waals surface area contributed by atoms with Crippen molar-refractivity contribution in [1.29, 1.82) is 0 Å². The molecule has 4 heteroatoms. The van der Waals surface area contributed by atoms with Crippen LogP contribution < -0.4 is 15.8 Å². The molecular weight excluding hydrogens is 228 g/mol. The first-order valence-electron chi connectivity index (χ1n) is 6.40. The minimum atomic E-state index is -0.107. The Kier molecular flexibility index (Phi) is 3.75. The van der Waals surface area contributed by atoms with E-state index < -0.39 is 0 Å². The van der Waals surface area contributed by atoms with Gasteiger partial charge in [-0.1, -0.05) is 0 Å². The highest BCUT2D eigenvalue weighted by Crippen LogP contribution is 2.28. The lowest BCUT2D eigenvalue weighted by molar-refractivity contribution is 0.0946. The molecule has 1 aliphatic rings. The molecule has 0 radical (unpaired) electrons. The first-order valence-corrected chi connectivity index (χ1v) is 6.40. The van der Waals surface area contributed by atoms with E-state index >= 15 is 0 Å². The lowest BCUT2D eigenvalue weighted by Crippen LogP contribution is -2.26. The summed E-state index contributed by atoms with van der Waals surface area (Å²) < 4.78 is 5.63. The van der Waals surface area contributed by atoms with Gasteiger partial charge in [0.05, 0.1) is 11.7 Å². The molecule has 3 N–H and O–H groups in total. The fourth-order valence-electron chi connectivity index (χ4n) is 1.74. The van der Waals surface area contributed by atoms with E-state index in [0.29, 0.717) is 22.9 Å². The molecular formula is C14H20N2O2. The molecule has 1 aromatic rings. The molecule has 1 aliphatic carbocycles. The number of anilines is 1. The average molecular weight is 248 g/mol. The monoisotopic (exact) mass is 248 g/mol. The third-order valence-electron chi connectivity index (χ3n) is 2.86. The zero-order valence-corrected chi connectivity index (χ0v) is 10.9. The van der Waals surface area contributed by atoms with Crippen LogP contribution in [0.1, 0.15) is 37.0 Å². The standard InChI is InChI=1S/C14H20N2O2/c1-9(2)18-13-6-5-11(15)7-12(13)14(17)16-8-10-3-4-10/h5-7,9-10H,3-4,8,15H2,1-2H3,(H,16,17). The molecule has 0 heterocycles. The SMILES string of the molecule is CC(C)Oc1ccc(N)cc1C(=O)NCC1CC1. The van der Waals surface area contributed by atoms with Gasteiger partial charge < -0.3 is 15.8 Å². The molecule has 0 bridgehead atoms. The van der Waals surface area contributed by atoms with E-state index in [1.165, 1.54) is 12.8 Å². The number of nitrogens with one attached hydrogen (secondary N) is 1. The van der Waals surface area contributed by atoms with Gasteiger partial charge in [0.15, 0.2) is 0 Å². The summed E-state index contributed by atoms with van der Waals surface area (Å²) in [5, 5.41) is 2.93. The number of ether oxygens (including phenoxy) is 1. The van der Waals surface area contributed by atoms with Crippen LogP contribution in [0.5, 0.6) is 5.75 Å². The molecule has 1 saturated carbocycles. The van der Waals surface area contributed by atoms with Crippen LogP contribution in [0, 0.1) is 5.92 Å². The zero-order chi connectivity index (χ0) is 13.1. The highest BCUT2D eigenvalue weighted by molar-refractivity contribution is 5.97. The Morgan fingerprint density at radius 3 is 2.83 bits per heavy atom. The van der Waals surface area contributed by atoms with Crippen molar-refractivity contribution in [2.75, 3.05) is 12.3 Å². The Balaban J connectivity index is 2.11. The minimum absolute atomic E-state index is 0.0311. The second kappa shape index (κ2) is 5.29. The van der Waals surface area contributed by atoms with Crippen LogP contribution in [-0.2, 0) is 0 Å². The summed E-state index contributed by atoms with van der Waals surface area (Å²) in [6.07, 6.45) is 2.46. The predicted molar refractivity (Wildman–Crippen MR) is 71.7 cm³/mol. The smallest absolute Gasteiger partial charge is 0.255 e. The van der Waals surface area contributed by atoms with E-state index in [0.717, 1.165) is 6.54 Å². The van der Waals surface area contributed by atoms with Crippen LogP contribution in [0.4, 0.5) is 5.69 Å². The lowest BCUT2D eigenvalue weighted by Gasteiger charge is -2.14. The van der Waals surface area contributed by atoms with Gasteiger partial charge in [0, 0.05) is 12.2 Å². The Hall–Kier alpha value is -1.71. The van der Waals surface area contributed by atoms with Crippen molar-refractivity contribution in [3.05, 3.63) is 23.8 Å². The van der Waals surface area contributed by atoms with E-state index in [1.807, 2.05) is 13.8 Å². The number of carbonyl (C=O) groups excluding carboxylic acids is 1. The van der Waals surface area contributed by atoms with Gasteiger partial charge in [0.2, 0.25) is 0 Å². The summed E-state index contributed by atoms with van der Waals surface area (Å²) in [6.45, 7) is 4.61. The van der Waals surface area contributed by atoms with Crippen molar-refractivity contribution in [2.45, 2.75) is 32.8 Å². The van der Waals surface area contributed by atoms with Crippen molar-refractivity contribution >= 4 is 11.6 Å². The second-order valence-electron chi connectivity index (χ2n) is 5.08. The van der Waals surface area contributed by atoms with Crippen LogP contribution in [0.15, 0.2) is 18.2 Å². The van der Waals surface area contributed by atoms with Crippen LogP contribution >= 0.6 is 0 Å². The Morgan fingerprint density at radius 2 is 2.22 bits per heavy atom. The van der Waals surface area contributed by atoms with Gasteiger partial charge in [-0.25, -0.2) is 0 Å². The molecule has 1 amide bonds. The van der Waals surface area contributed by atoms with E-state index in [9.17, 15) is 4.79 Å². The number of amides is 1. The van der Waals surface area contributed by atoms with Crippen LogP contribution in [0.2, 0.25) is 0 Å². The normalized spacial score (nSPS) is 14.6. The molecule has 2 rings (SSSR count). The fourth-order valence-corrected chi connectivity index (χ4v) is 1.74. The molecule has 1 aromatic carbocycles. The molecule has 0 spiro atoms. The summed E-state index contributed by atoms with van der Waals surface area (Å²) in [6, 6.07) is 5.16. The number of benzene rings is 1. The molecule has 0 unspecified atom stereocenters. The predicted octanol–water partition coefficient (Wildman–Crippen LogP) is 2.20. The molecule has 0 atom stereocenters. The minimum Gasteiger partial charge on any atom is -0.490 e. The Labute approximate surface area is 108 Å². The highest BCUT2D eigenvalue weighted by atomic mass is 16.5. The van der Waals surface area contributed by atoms with Crippen molar-refractivity contribution in [3.8, 4) is 5.75 Å². The first-order chi connectivity index (χ1) is 8.56. The van der Waals surface area contributed by atoms with Gasteiger partial charge in [-0.15, -0.1) is 0 Å². The molecule has 1 fully saturated rings. The van der Waals surface area contributed by atoms with Gasteiger partial charge in [0.1, 0.15) is 5.75 Å². The lowest BCUT2D eigenvalue weighted by atomic mass is 10.1. The van der Waals surface area contributed by atoms with Gasteiger partial charge >= 0.3 is 0 Å². The third kappa shape index (κ3) is 3.39. The number of hydrogen-bond donors (Lipinski definition) is 2. The molecule has 0 aromatic heterocycles.